The summed E-state index contributed by atoms with van der Waals surface area (Å²) in [6.07, 6.45) is 3.44. The Bertz CT molecular complexity index is 720. The first-order valence-corrected chi connectivity index (χ1v) is 9.66. The van der Waals surface area contributed by atoms with Gasteiger partial charge in [0.05, 0.1) is 20.3 Å². The summed E-state index contributed by atoms with van der Waals surface area (Å²) >= 11 is 0. The minimum atomic E-state index is -1.39. The van der Waals surface area contributed by atoms with Gasteiger partial charge in [-0.05, 0) is 58.1 Å². The van der Waals surface area contributed by atoms with Gasteiger partial charge in [0.1, 0.15) is 0 Å². The number of hydrogen-bond donors (Lipinski definition) is 0. The van der Waals surface area contributed by atoms with E-state index in [1.165, 1.54) is 14.2 Å². The second-order valence-corrected chi connectivity index (χ2v) is 9.08. The molecule has 1 saturated heterocycles. The molecule has 2 aliphatic rings. The van der Waals surface area contributed by atoms with Crippen LogP contribution in [0.1, 0.15) is 64.1 Å². The molecule has 1 aromatic carbocycles. The fraction of sp³-hybridized carbons (Fsp3) is 0.636. The highest BCUT2D eigenvalue weighted by Crippen LogP contribution is 2.56. The number of carbonyl (C=O) groups excluding carboxylic acids is 2. The lowest BCUT2D eigenvalue weighted by Gasteiger charge is -2.58. The average Bonchev–Trinajstić information content (AvgIpc) is 2.94. The fourth-order valence-electron chi connectivity index (χ4n) is 5.51. The number of piperidine rings is 1. The number of benzene rings is 1. The van der Waals surface area contributed by atoms with Crippen molar-refractivity contribution in [1.29, 1.82) is 0 Å². The molecule has 0 amide bonds. The van der Waals surface area contributed by atoms with E-state index in [0.717, 1.165) is 30.4 Å². The van der Waals surface area contributed by atoms with Crippen molar-refractivity contribution < 1.29 is 19.1 Å². The van der Waals surface area contributed by atoms with Crippen molar-refractivity contribution >= 4 is 11.9 Å². The van der Waals surface area contributed by atoms with Crippen LogP contribution >= 0.6 is 0 Å². The topological polar surface area (TPSA) is 55.8 Å². The predicted molar refractivity (Wildman–Crippen MR) is 103 cm³/mol. The van der Waals surface area contributed by atoms with E-state index in [4.69, 9.17) is 9.47 Å². The molecule has 0 spiro atoms. The number of methoxy groups -OCH3 is 2. The molecule has 1 heterocycles. The second-order valence-electron chi connectivity index (χ2n) is 9.08. The molecular weight excluding hydrogens is 342 g/mol. The number of fused-ring (bicyclic) bond motifs is 1. The molecule has 3 rings (SSSR count). The summed E-state index contributed by atoms with van der Waals surface area (Å²) in [6.45, 7) is 8.81. The number of carbonyl (C=O) groups is 2. The molecule has 0 aromatic heterocycles. The third-order valence-electron chi connectivity index (χ3n) is 6.52. The van der Waals surface area contributed by atoms with E-state index in [0.29, 0.717) is 6.42 Å². The van der Waals surface area contributed by atoms with Crippen LogP contribution in [0.4, 0.5) is 0 Å². The molecule has 1 aliphatic carbocycles. The van der Waals surface area contributed by atoms with Gasteiger partial charge in [0.15, 0.2) is 5.41 Å². The number of esters is 2. The fourth-order valence-corrected chi connectivity index (χ4v) is 5.51. The van der Waals surface area contributed by atoms with Crippen LogP contribution in [0.25, 0.3) is 0 Å². The molecule has 0 N–H and O–H groups in total. The number of nitrogens with zero attached hydrogens (tertiary/aromatic N) is 1. The lowest BCUT2D eigenvalue weighted by Crippen LogP contribution is -2.64. The third kappa shape index (κ3) is 2.87. The first kappa shape index (κ1) is 19.9. The van der Waals surface area contributed by atoms with Crippen LogP contribution in [0.15, 0.2) is 24.3 Å². The Morgan fingerprint density at radius 1 is 0.963 bits per heavy atom. The van der Waals surface area contributed by atoms with E-state index in [-0.39, 0.29) is 11.1 Å². The number of rotatable bonds is 3. The minimum Gasteiger partial charge on any atom is -0.468 e. The van der Waals surface area contributed by atoms with Crippen LogP contribution in [-0.4, -0.2) is 42.1 Å². The van der Waals surface area contributed by atoms with Gasteiger partial charge in [-0.25, -0.2) is 0 Å². The van der Waals surface area contributed by atoms with Crippen molar-refractivity contribution in [2.24, 2.45) is 5.41 Å². The number of ether oxygens (including phenoxy) is 2. The number of likely N-dealkylation sites (tertiary alicyclic amines) is 1. The Labute approximate surface area is 162 Å². The molecular formula is C22H31NO4. The summed E-state index contributed by atoms with van der Waals surface area (Å²) in [6, 6.07) is 7.54. The molecule has 148 valence electrons. The average molecular weight is 373 g/mol. The van der Waals surface area contributed by atoms with Crippen LogP contribution < -0.4 is 0 Å². The Balaban J connectivity index is 2.29. The second kappa shape index (κ2) is 6.62. The molecule has 0 radical (unpaired) electrons. The molecule has 1 atom stereocenters. The van der Waals surface area contributed by atoms with Crippen LogP contribution in [0.5, 0.6) is 0 Å². The summed E-state index contributed by atoms with van der Waals surface area (Å²) < 4.78 is 10.4. The highest BCUT2D eigenvalue weighted by atomic mass is 16.5. The van der Waals surface area contributed by atoms with Gasteiger partial charge in [-0.15, -0.1) is 0 Å². The van der Waals surface area contributed by atoms with Gasteiger partial charge < -0.3 is 9.47 Å². The monoisotopic (exact) mass is 373 g/mol. The first-order chi connectivity index (χ1) is 12.6. The SMILES string of the molecule is COC(=O)C1(C(=O)OC)Cc2ccccc2C1N1C(C)(C)CCCC1(C)C. The minimum absolute atomic E-state index is 0.169. The normalized spacial score (nSPS) is 25.5. The van der Waals surface area contributed by atoms with E-state index in [2.05, 4.69) is 32.6 Å². The maximum absolute atomic E-state index is 13.1. The maximum atomic E-state index is 13.1. The van der Waals surface area contributed by atoms with E-state index in [1.54, 1.807) is 0 Å². The largest absolute Gasteiger partial charge is 0.468 e. The summed E-state index contributed by atoms with van der Waals surface area (Å²) in [7, 11) is 2.69. The molecule has 0 saturated carbocycles. The van der Waals surface area contributed by atoms with E-state index in [9.17, 15) is 9.59 Å². The van der Waals surface area contributed by atoms with Crippen molar-refractivity contribution in [2.75, 3.05) is 14.2 Å². The molecule has 1 unspecified atom stereocenters. The highest BCUT2D eigenvalue weighted by Gasteiger charge is 2.64. The summed E-state index contributed by atoms with van der Waals surface area (Å²) in [5.74, 6) is -1.04. The smallest absolute Gasteiger partial charge is 0.325 e. The zero-order chi connectivity index (χ0) is 20.0. The van der Waals surface area contributed by atoms with Gasteiger partial charge in [0, 0.05) is 17.5 Å². The molecule has 1 fully saturated rings. The van der Waals surface area contributed by atoms with Gasteiger partial charge in [0.2, 0.25) is 0 Å². The van der Waals surface area contributed by atoms with Crippen molar-refractivity contribution in [3.05, 3.63) is 35.4 Å². The van der Waals surface area contributed by atoms with Gasteiger partial charge in [-0.1, -0.05) is 24.3 Å². The van der Waals surface area contributed by atoms with Crippen LogP contribution in [0.2, 0.25) is 0 Å². The number of hydrogen-bond acceptors (Lipinski definition) is 5. The summed E-state index contributed by atoms with van der Waals surface area (Å²) in [5, 5.41) is 0. The quantitative estimate of drug-likeness (QED) is 0.598. The third-order valence-corrected chi connectivity index (χ3v) is 6.52. The van der Waals surface area contributed by atoms with Crippen molar-refractivity contribution in [3.63, 3.8) is 0 Å². The standard InChI is InChI=1S/C22H31NO4/c1-20(2)12-9-13-21(3,4)23(20)17-16-11-8-7-10-15(16)14-22(17,18(24)26-5)19(25)27-6/h7-8,10-11,17H,9,12-14H2,1-6H3. The predicted octanol–water partition coefficient (Wildman–Crippen LogP) is 3.66. The lowest BCUT2D eigenvalue weighted by atomic mass is 9.72. The molecule has 1 aromatic rings. The van der Waals surface area contributed by atoms with E-state index < -0.39 is 23.4 Å². The Morgan fingerprint density at radius 2 is 1.48 bits per heavy atom. The molecule has 0 bridgehead atoms. The zero-order valence-electron chi connectivity index (χ0n) is 17.3. The van der Waals surface area contributed by atoms with Crippen molar-refractivity contribution in [3.8, 4) is 0 Å². The van der Waals surface area contributed by atoms with Crippen LogP contribution in [0, 0.1) is 5.41 Å². The van der Waals surface area contributed by atoms with E-state index in [1.807, 2.05) is 24.3 Å². The van der Waals surface area contributed by atoms with Crippen molar-refractivity contribution in [2.45, 2.75) is 70.5 Å². The van der Waals surface area contributed by atoms with Crippen LogP contribution in [0.3, 0.4) is 0 Å². The van der Waals surface area contributed by atoms with Gasteiger partial charge >= 0.3 is 11.9 Å². The van der Waals surface area contributed by atoms with Gasteiger partial charge in [-0.2, -0.15) is 0 Å². The van der Waals surface area contributed by atoms with Gasteiger partial charge in [-0.3, -0.25) is 14.5 Å². The molecule has 27 heavy (non-hydrogen) atoms. The Kier molecular flexibility index (Phi) is 4.87. The molecule has 5 heteroatoms. The summed E-state index contributed by atoms with van der Waals surface area (Å²) in [4.78, 5) is 28.6. The lowest BCUT2D eigenvalue weighted by molar-refractivity contribution is -0.182. The zero-order valence-corrected chi connectivity index (χ0v) is 17.3. The Hall–Kier alpha value is -1.88. The highest BCUT2D eigenvalue weighted by molar-refractivity contribution is 6.02. The van der Waals surface area contributed by atoms with Crippen LogP contribution in [-0.2, 0) is 25.5 Å². The Morgan fingerprint density at radius 3 is 2.00 bits per heavy atom. The summed E-state index contributed by atoms with van der Waals surface area (Å²) in [5.41, 5.74) is 0.305. The maximum Gasteiger partial charge on any atom is 0.325 e. The van der Waals surface area contributed by atoms with Gasteiger partial charge in [0.25, 0.3) is 0 Å². The molecule has 5 nitrogen and oxygen atoms in total. The first-order valence-electron chi connectivity index (χ1n) is 9.66. The van der Waals surface area contributed by atoms with Crippen molar-refractivity contribution in [1.82, 2.24) is 4.90 Å². The van der Waals surface area contributed by atoms with E-state index >= 15 is 0 Å². The molecule has 1 aliphatic heterocycles.